The monoisotopic (exact) mass is 347 g/mol. The van der Waals surface area contributed by atoms with E-state index in [0.29, 0.717) is 17.1 Å². The third kappa shape index (κ3) is 2.32. The number of amides is 2. The minimum atomic E-state index is -0.367. The summed E-state index contributed by atoms with van der Waals surface area (Å²) >= 11 is 0. The van der Waals surface area contributed by atoms with Gasteiger partial charge in [-0.1, -0.05) is 42.5 Å². The predicted molar refractivity (Wildman–Crippen MR) is 97.7 cm³/mol. The number of methoxy groups -OCH3 is 2. The van der Waals surface area contributed by atoms with Crippen LogP contribution in [0.2, 0.25) is 0 Å². The highest BCUT2D eigenvalue weighted by atomic mass is 16.5. The van der Waals surface area contributed by atoms with Crippen LogP contribution in [0.15, 0.2) is 54.6 Å². The van der Waals surface area contributed by atoms with Crippen LogP contribution in [0.3, 0.4) is 0 Å². The summed E-state index contributed by atoms with van der Waals surface area (Å²) in [6, 6.07) is 17.0. The minimum Gasteiger partial charge on any atom is -0.493 e. The zero-order valence-electron chi connectivity index (χ0n) is 14.5. The first-order valence-corrected chi connectivity index (χ1v) is 8.23. The first kappa shape index (κ1) is 16.1. The number of imide groups is 1. The molecule has 0 spiro atoms. The molecule has 3 aromatic rings. The van der Waals surface area contributed by atoms with Crippen molar-refractivity contribution in [3.8, 4) is 11.5 Å². The molecule has 5 heteroatoms. The van der Waals surface area contributed by atoms with Gasteiger partial charge < -0.3 is 9.47 Å². The van der Waals surface area contributed by atoms with E-state index >= 15 is 0 Å². The average molecular weight is 347 g/mol. The fraction of sp³-hybridized carbons (Fsp3) is 0.143. The van der Waals surface area contributed by atoms with Gasteiger partial charge in [0, 0.05) is 0 Å². The van der Waals surface area contributed by atoms with Gasteiger partial charge in [-0.25, -0.2) is 0 Å². The van der Waals surface area contributed by atoms with E-state index in [1.165, 1.54) is 19.1 Å². The Morgan fingerprint density at radius 3 is 2.38 bits per heavy atom. The number of hydrogen-bond donors (Lipinski definition) is 0. The highest BCUT2D eigenvalue weighted by Gasteiger charge is 2.39. The summed E-state index contributed by atoms with van der Waals surface area (Å²) in [5.74, 6) is 0.0377. The Bertz CT molecular complexity index is 1040. The third-order valence-corrected chi connectivity index (χ3v) is 4.69. The number of rotatable bonds is 4. The zero-order valence-corrected chi connectivity index (χ0v) is 14.5. The second-order valence-corrected chi connectivity index (χ2v) is 6.06. The van der Waals surface area contributed by atoms with Gasteiger partial charge in [-0.15, -0.1) is 0 Å². The van der Waals surface area contributed by atoms with Crippen molar-refractivity contribution < 1.29 is 19.1 Å². The number of ether oxygens (including phenoxy) is 2. The molecule has 1 heterocycles. The fourth-order valence-electron chi connectivity index (χ4n) is 3.43. The topological polar surface area (TPSA) is 55.8 Å². The lowest BCUT2D eigenvalue weighted by molar-refractivity contribution is 0.0642. The summed E-state index contributed by atoms with van der Waals surface area (Å²) in [4.78, 5) is 27.0. The molecule has 1 aliphatic heterocycles. The lowest BCUT2D eigenvalue weighted by atomic mass is 10.0. The molecular weight excluding hydrogens is 330 g/mol. The van der Waals surface area contributed by atoms with Crippen LogP contribution < -0.4 is 9.47 Å². The van der Waals surface area contributed by atoms with Crippen LogP contribution >= 0.6 is 0 Å². The summed E-state index contributed by atoms with van der Waals surface area (Å²) in [6.07, 6.45) is 0. The second kappa shape index (κ2) is 6.19. The van der Waals surface area contributed by atoms with Crippen molar-refractivity contribution in [3.63, 3.8) is 0 Å². The summed E-state index contributed by atoms with van der Waals surface area (Å²) in [7, 11) is 2.96. The predicted octanol–water partition coefficient (Wildman–Crippen LogP) is 3.65. The Hall–Kier alpha value is -3.34. The molecule has 0 aliphatic carbocycles. The van der Waals surface area contributed by atoms with Crippen LogP contribution in [0, 0.1) is 0 Å². The number of carbonyl (C=O) groups is 2. The Kier molecular flexibility index (Phi) is 3.84. The lowest BCUT2D eigenvalue weighted by Crippen LogP contribution is -2.29. The molecule has 0 fully saturated rings. The van der Waals surface area contributed by atoms with Gasteiger partial charge in [0.2, 0.25) is 0 Å². The normalized spacial score (nSPS) is 13.2. The number of benzene rings is 3. The molecule has 1 aliphatic rings. The fourth-order valence-corrected chi connectivity index (χ4v) is 3.43. The Labute approximate surface area is 150 Å². The minimum absolute atomic E-state index is 0.208. The van der Waals surface area contributed by atoms with E-state index in [1.54, 1.807) is 12.1 Å². The van der Waals surface area contributed by atoms with Crippen LogP contribution in [0.1, 0.15) is 26.3 Å². The molecule has 0 atom stereocenters. The lowest BCUT2D eigenvalue weighted by Gasteiger charge is -2.16. The van der Waals surface area contributed by atoms with Gasteiger partial charge in [0.15, 0.2) is 11.5 Å². The molecule has 0 N–H and O–H groups in total. The van der Waals surface area contributed by atoms with Gasteiger partial charge in [0.1, 0.15) is 0 Å². The Balaban J connectivity index is 1.77. The quantitative estimate of drug-likeness (QED) is 0.676. The summed E-state index contributed by atoms with van der Waals surface area (Å²) < 4.78 is 10.6. The van der Waals surface area contributed by atoms with E-state index in [4.69, 9.17) is 9.47 Å². The van der Waals surface area contributed by atoms with Crippen molar-refractivity contribution in [2.45, 2.75) is 6.54 Å². The summed E-state index contributed by atoms with van der Waals surface area (Å²) in [5.41, 5.74) is 1.52. The molecule has 0 bridgehead atoms. The van der Waals surface area contributed by atoms with Crippen molar-refractivity contribution in [2.24, 2.45) is 0 Å². The maximum atomic E-state index is 13.0. The Morgan fingerprint density at radius 1 is 0.846 bits per heavy atom. The number of nitrogens with zero attached hydrogens (tertiary/aromatic N) is 1. The number of hydrogen-bond acceptors (Lipinski definition) is 4. The largest absolute Gasteiger partial charge is 0.493 e. The van der Waals surface area contributed by atoms with E-state index in [2.05, 4.69) is 0 Å². The molecule has 3 aromatic carbocycles. The molecule has 26 heavy (non-hydrogen) atoms. The number of fused-ring (bicyclic) bond motifs is 2. The van der Waals surface area contributed by atoms with Crippen molar-refractivity contribution in [1.82, 2.24) is 4.90 Å². The summed E-state index contributed by atoms with van der Waals surface area (Å²) in [5, 5.41) is 2.09. The van der Waals surface area contributed by atoms with E-state index in [1.807, 2.05) is 42.5 Å². The van der Waals surface area contributed by atoms with Gasteiger partial charge in [0.05, 0.1) is 31.9 Å². The van der Waals surface area contributed by atoms with Gasteiger partial charge in [-0.05, 0) is 28.5 Å². The molecule has 0 radical (unpaired) electrons. The summed E-state index contributed by atoms with van der Waals surface area (Å²) in [6.45, 7) is 0.208. The molecule has 0 unspecified atom stereocenters. The van der Waals surface area contributed by atoms with Crippen LogP contribution in [-0.4, -0.2) is 30.9 Å². The van der Waals surface area contributed by atoms with Crippen molar-refractivity contribution >= 4 is 22.6 Å². The maximum Gasteiger partial charge on any atom is 0.265 e. The van der Waals surface area contributed by atoms with Gasteiger partial charge in [-0.2, -0.15) is 0 Å². The zero-order chi connectivity index (χ0) is 18.3. The average Bonchev–Trinajstić information content (AvgIpc) is 2.92. The molecule has 130 valence electrons. The van der Waals surface area contributed by atoms with Gasteiger partial charge in [-0.3, -0.25) is 14.5 Å². The Morgan fingerprint density at radius 2 is 1.62 bits per heavy atom. The molecule has 2 amide bonds. The first-order valence-electron chi connectivity index (χ1n) is 8.23. The van der Waals surface area contributed by atoms with Crippen LogP contribution in [0.4, 0.5) is 0 Å². The highest BCUT2D eigenvalue weighted by Crippen LogP contribution is 2.39. The van der Waals surface area contributed by atoms with E-state index in [-0.39, 0.29) is 23.9 Å². The van der Waals surface area contributed by atoms with E-state index < -0.39 is 0 Å². The molecule has 0 aromatic heterocycles. The van der Waals surface area contributed by atoms with Crippen molar-refractivity contribution in [1.29, 1.82) is 0 Å². The van der Waals surface area contributed by atoms with E-state index in [9.17, 15) is 9.59 Å². The van der Waals surface area contributed by atoms with E-state index in [0.717, 1.165) is 16.3 Å². The second-order valence-electron chi connectivity index (χ2n) is 6.06. The first-order chi connectivity index (χ1) is 12.7. The van der Waals surface area contributed by atoms with Gasteiger partial charge >= 0.3 is 0 Å². The molecule has 0 saturated carbocycles. The van der Waals surface area contributed by atoms with Gasteiger partial charge in [0.25, 0.3) is 11.8 Å². The number of carbonyl (C=O) groups excluding carboxylic acids is 2. The van der Waals surface area contributed by atoms with Crippen LogP contribution in [-0.2, 0) is 6.54 Å². The smallest absolute Gasteiger partial charge is 0.265 e. The third-order valence-electron chi connectivity index (χ3n) is 4.69. The molecular formula is C21H17NO4. The molecule has 0 saturated heterocycles. The van der Waals surface area contributed by atoms with Crippen LogP contribution in [0.25, 0.3) is 10.8 Å². The highest BCUT2D eigenvalue weighted by molar-refractivity contribution is 6.23. The standard InChI is InChI=1S/C21H17NO4/c1-25-17-11-10-16-18(19(17)26-2)21(24)22(20(16)23)12-14-8-5-7-13-6-3-4-9-15(13)14/h3-11H,12H2,1-2H3. The van der Waals surface area contributed by atoms with Crippen LogP contribution in [0.5, 0.6) is 11.5 Å². The molecule has 5 nitrogen and oxygen atoms in total. The van der Waals surface area contributed by atoms with Crippen molar-refractivity contribution in [3.05, 3.63) is 71.3 Å². The molecule has 4 rings (SSSR count). The maximum absolute atomic E-state index is 13.0. The van der Waals surface area contributed by atoms with Crippen molar-refractivity contribution in [2.75, 3.05) is 14.2 Å². The SMILES string of the molecule is COc1ccc2c(c1OC)C(=O)N(Cc1cccc3ccccc13)C2=O.